The molecule has 0 bridgehead atoms. The smallest absolute Gasteiger partial charge is 0.0250 e. The summed E-state index contributed by atoms with van der Waals surface area (Å²) in [7, 11) is 0. The van der Waals surface area contributed by atoms with Crippen molar-refractivity contribution in [2.45, 2.75) is 84.0 Å². The van der Waals surface area contributed by atoms with Crippen molar-refractivity contribution in [1.82, 2.24) is 0 Å². The predicted molar refractivity (Wildman–Crippen MR) is 89.2 cm³/mol. The molecule has 20 heavy (non-hydrogen) atoms. The molecular weight excluding hydrogens is 240 g/mol. The van der Waals surface area contributed by atoms with E-state index in [0.29, 0.717) is 0 Å². The molecular formula is C20H32. The van der Waals surface area contributed by atoms with Crippen molar-refractivity contribution >= 4 is 0 Å². The van der Waals surface area contributed by atoms with Gasteiger partial charge in [-0.25, -0.2) is 0 Å². The lowest BCUT2D eigenvalue weighted by Gasteiger charge is -2.21. The second-order valence-corrected chi connectivity index (χ2v) is 6.82. The van der Waals surface area contributed by atoms with Crippen LogP contribution in [0.4, 0.5) is 0 Å². The van der Waals surface area contributed by atoms with Crippen molar-refractivity contribution in [1.29, 1.82) is 0 Å². The molecule has 0 unspecified atom stereocenters. The monoisotopic (exact) mass is 272 g/mol. The van der Waals surface area contributed by atoms with Gasteiger partial charge >= 0.3 is 0 Å². The number of hydrogen-bond donors (Lipinski definition) is 0. The van der Waals surface area contributed by atoms with Crippen molar-refractivity contribution < 1.29 is 0 Å². The van der Waals surface area contributed by atoms with Crippen LogP contribution in [-0.4, -0.2) is 0 Å². The molecule has 0 heterocycles. The molecule has 3 rings (SSSR count). The Balaban J connectivity index is 0.000000205. The second kappa shape index (κ2) is 9.21. The Labute approximate surface area is 126 Å². The van der Waals surface area contributed by atoms with Crippen molar-refractivity contribution in [3.05, 3.63) is 35.4 Å². The fraction of sp³-hybridized carbons (Fsp3) is 0.700. The normalized spacial score (nSPS) is 20.1. The molecule has 0 nitrogen and oxygen atoms in total. The van der Waals surface area contributed by atoms with Gasteiger partial charge in [0.15, 0.2) is 0 Å². The van der Waals surface area contributed by atoms with E-state index in [1.807, 2.05) is 0 Å². The van der Waals surface area contributed by atoms with Gasteiger partial charge < -0.3 is 0 Å². The van der Waals surface area contributed by atoms with E-state index in [-0.39, 0.29) is 0 Å². The highest BCUT2D eigenvalue weighted by atomic mass is 14.2. The summed E-state index contributed by atoms with van der Waals surface area (Å²) in [4.78, 5) is 0. The Bertz CT molecular complexity index is 327. The third-order valence-corrected chi connectivity index (χ3v) is 4.87. The van der Waals surface area contributed by atoms with Gasteiger partial charge in [-0.2, -0.15) is 0 Å². The molecule has 0 aromatic heterocycles. The minimum Gasteiger partial charge on any atom is -0.0591 e. The number of rotatable bonds is 2. The van der Waals surface area contributed by atoms with Crippen LogP contribution in [-0.2, 0) is 6.42 Å². The molecule has 0 atom stereocenters. The largest absolute Gasteiger partial charge is 0.0591 e. The molecule has 2 fully saturated rings. The maximum atomic E-state index is 2.30. The SMILES string of the molecule is C1CCCCC1.Cc1ccc(CC2CCCCC2)cc1. The average Bonchev–Trinajstić information content (AvgIpc) is 2.53. The average molecular weight is 272 g/mol. The Hall–Kier alpha value is -0.780. The molecule has 0 spiro atoms. The van der Waals surface area contributed by atoms with E-state index in [9.17, 15) is 0 Å². The lowest BCUT2D eigenvalue weighted by molar-refractivity contribution is 0.356. The van der Waals surface area contributed by atoms with Crippen molar-refractivity contribution in [2.75, 3.05) is 0 Å². The van der Waals surface area contributed by atoms with Crippen molar-refractivity contribution in [3.63, 3.8) is 0 Å². The van der Waals surface area contributed by atoms with Crippen LogP contribution >= 0.6 is 0 Å². The molecule has 0 saturated heterocycles. The van der Waals surface area contributed by atoms with Crippen LogP contribution in [0.5, 0.6) is 0 Å². The van der Waals surface area contributed by atoms with Gasteiger partial charge in [0.05, 0.1) is 0 Å². The number of hydrogen-bond acceptors (Lipinski definition) is 0. The Morgan fingerprint density at radius 3 is 1.65 bits per heavy atom. The van der Waals surface area contributed by atoms with E-state index in [2.05, 4.69) is 31.2 Å². The van der Waals surface area contributed by atoms with E-state index < -0.39 is 0 Å². The molecule has 1 aromatic rings. The quantitative estimate of drug-likeness (QED) is 0.579. The molecule has 2 saturated carbocycles. The highest BCUT2D eigenvalue weighted by Crippen LogP contribution is 2.26. The van der Waals surface area contributed by atoms with Crippen LogP contribution in [0, 0.1) is 12.8 Å². The molecule has 0 radical (unpaired) electrons. The molecule has 2 aliphatic rings. The summed E-state index contributed by atoms with van der Waals surface area (Å²) in [5, 5.41) is 0. The first-order valence-corrected chi connectivity index (χ1v) is 8.90. The first-order chi connectivity index (χ1) is 9.84. The van der Waals surface area contributed by atoms with Gasteiger partial charge in [-0.15, -0.1) is 0 Å². The maximum Gasteiger partial charge on any atom is -0.0250 e. The van der Waals surface area contributed by atoms with Crippen LogP contribution in [0.2, 0.25) is 0 Å². The lowest BCUT2D eigenvalue weighted by atomic mass is 9.85. The van der Waals surface area contributed by atoms with Gasteiger partial charge in [-0.05, 0) is 24.8 Å². The molecule has 0 N–H and O–H groups in total. The lowest BCUT2D eigenvalue weighted by Crippen LogP contribution is -2.09. The van der Waals surface area contributed by atoms with Gasteiger partial charge in [0.25, 0.3) is 0 Å². The van der Waals surface area contributed by atoms with Gasteiger partial charge in [-0.1, -0.05) is 100 Å². The topological polar surface area (TPSA) is 0 Å². The third kappa shape index (κ3) is 6.11. The van der Waals surface area contributed by atoms with E-state index >= 15 is 0 Å². The van der Waals surface area contributed by atoms with Crippen molar-refractivity contribution in [3.8, 4) is 0 Å². The summed E-state index contributed by atoms with van der Waals surface area (Å²) in [6.07, 6.45) is 17.6. The first-order valence-electron chi connectivity index (χ1n) is 8.90. The molecule has 1 aromatic carbocycles. The van der Waals surface area contributed by atoms with Crippen molar-refractivity contribution in [2.24, 2.45) is 5.92 Å². The summed E-state index contributed by atoms with van der Waals surface area (Å²) in [5.41, 5.74) is 2.90. The maximum absolute atomic E-state index is 2.30. The number of aryl methyl sites for hydroxylation is 1. The van der Waals surface area contributed by atoms with E-state index in [4.69, 9.17) is 0 Å². The zero-order valence-corrected chi connectivity index (χ0v) is 13.4. The fourth-order valence-electron chi connectivity index (χ4n) is 3.51. The van der Waals surface area contributed by atoms with Gasteiger partial charge in [0, 0.05) is 0 Å². The predicted octanol–water partition coefficient (Wildman–Crippen LogP) is 6.46. The van der Waals surface area contributed by atoms with E-state index in [1.54, 1.807) is 0 Å². The highest BCUT2D eigenvalue weighted by molar-refractivity contribution is 5.21. The highest BCUT2D eigenvalue weighted by Gasteiger charge is 2.13. The molecule has 0 heteroatoms. The minimum absolute atomic E-state index is 0.964. The van der Waals surface area contributed by atoms with Gasteiger partial charge in [0.1, 0.15) is 0 Å². The summed E-state index contributed by atoms with van der Waals surface area (Å²) >= 11 is 0. The zero-order valence-electron chi connectivity index (χ0n) is 13.4. The van der Waals surface area contributed by atoms with Gasteiger partial charge in [-0.3, -0.25) is 0 Å². The molecule has 0 amide bonds. The van der Waals surface area contributed by atoms with Crippen LogP contribution in [0.3, 0.4) is 0 Å². The summed E-state index contributed by atoms with van der Waals surface area (Å²) < 4.78 is 0. The molecule has 0 aliphatic heterocycles. The second-order valence-electron chi connectivity index (χ2n) is 6.82. The van der Waals surface area contributed by atoms with Crippen LogP contribution in [0.1, 0.15) is 81.8 Å². The Morgan fingerprint density at radius 1 is 0.700 bits per heavy atom. The fourth-order valence-corrected chi connectivity index (χ4v) is 3.51. The third-order valence-electron chi connectivity index (χ3n) is 4.87. The summed E-state index contributed by atoms with van der Waals surface area (Å²) in [6, 6.07) is 9.06. The summed E-state index contributed by atoms with van der Waals surface area (Å²) in [6.45, 7) is 2.16. The standard InChI is InChI=1S/C14H20.C6H12/c1-12-7-9-14(10-8-12)11-13-5-3-2-4-6-13;1-2-4-6-5-3-1/h7-10,13H,2-6,11H2,1H3;1-6H2. The van der Waals surface area contributed by atoms with Crippen LogP contribution in [0.15, 0.2) is 24.3 Å². The number of benzene rings is 1. The first kappa shape index (κ1) is 15.6. The van der Waals surface area contributed by atoms with E-state index in [0.717, 1.165) is 5.92 Å². The molecule has 2 aliphatic carbocycles. The zero-order chi connectivity index (χ0) is 14.0. The minimum atomic E-state index is 0.964. The Kier molecular flexibility index (Phi) is 7.19. The Morgan fingerprint density at radius 2 is 1.15 bits per heavy atom. The van der Waals surface area contributed by atoms with Gasteiger partial charge in [0.2, 0.25) is 0 Å². The molecule has 112 valence electrons. The van der Waals surface area contributed by atoms with Crippen LogP contribution in [0.25, 0.3) is 0 Å². The summed E-state index contributed by atoms with van der Waals surface area (Å²) in [5.74, 6) is 0.964. The van der Waals surface area contributed by atoms with Crippen LogP contribution < -0.4 is 0 Å². The van der Waals surface area contributed by atoms with E-state index in [1.165, 1.54) is 88.2 Å².